The summed E-state index contributed by atoms with van der Waals surface area (Å²) in [6.07, 6.45) is 0. The van der Waals surface area contributed by atoms with Crippen LogP contribution < -0.4 is 4.90 Å². The lowest BCUT2D eigenvalue weighted by molar-refractivity contribution is -0.115. The van der Waals surface area contributed by atoms with Gasteiger partial charge in [0, 0.05) is 12.3 Å². The number of carbonyl (C=O) groups excluding carboxylic acids is 2. The van der Waals surface area contributed by atoms with Crippen molar-refractivity contribution in [2.45, 2.75) is 20.5 Å². The molecule has 0 radical (unpaired) electrons. The van der Waals surface area contributed by atoms with Crippen molar-refractivity contribution in [3.8, 4) is 0 Å². The predicted molar refractivity (Wildman–Crippen MR) is 102 cm³/mol. The summed E-state index contributed by atoms with van der Waals surface area (Å²) in [5, 5.41) is 1.99. The first-order chi connectivity index (χ1) is 13.0. The van der Waals surface area contributed by atoms with Gasteiger partial charge in [-0.1, -0.05) is 29.8 Å². The van der Waals surface area contributed by atoms with Gasteiger partial charge in [0.15, 0.2) is 5.13 Å². The SMILES string of the molecule is CC(=O)N(c1nc(COC(=O)c2cccc(C)c2)cs1)c1ccccc1F. The van der Waals surface area contributed by atoms with E-state index in [4.69, 9.17) is 4.74 Å². The third kappa shape index (κ3) is 4.38. The van der Waals surface area contributed by atoms with Crippen LogP contribution in [0.15, 0.2) is 53.9 Å². The van der Waals surface area contributed by atoms with Gasteiger partial charge < -0.3 is 4.74 Å². The average molecular weight is 384 g/mol. The Kier molecular flexibility index (Phi) is 5.61. The molecule has 0 atom stereocenters. The molecule has 7 heteroatoms. The molecule has 1 aromatic heterocycles. The molecule has 2 aromatic carbocycles. The second-order valence-electron chi connectivity index (χ2n) is 5.87. The first-order valence-corrected chi connectivity index (χ1v) is 9.07. The number of esters is 1. The number of ether oxygens (including phenoxy) is 1. The van der Waals surface area contributed by atoms with Gasteiger partial charge in [0.1, 0.15) is 12.4 Å². The molecule has 0 aliphatic heterocycles. The number of hydrogen-bond acceptors (Lipinski definition) is 5. The molecule has 0 unspecified atom stereocenters. The van der Waals surface area contributed by atoms with E-state index in [9.17, 15) is 14.0 Å². The van der Waals surface area contributed by atoms with Crippen LogP contribution in [0, 0.1) is 12.7 Å². The molecule has 1 heterocycles. The van der Waals surface area contributed by atoms with Crippen molar-refractivity contribution >= 4 is 34.0 Å². The highest BCUT2D eigenvalue weighted by Crippen LogP contribution is 2.30. The molecule has 5 nitrogen and oxygen atoms in total. The number of halogens is 1. The summed E-state index contributed by atoms with van der Waals surface area (Å²) in [4.78, 5) is 29.7. The summed E-state index contributed by atoms with van der Waals surface area (Å²) in [6.45, 7) is 3.19. The Morgan fingerprint density at radius 1 is 1.19 bits per heavy atom. The predicted octanol–water partition coefficient (Wildman–Crippen LogP) is 4.63. The number of anilines is 2. The van der Waals surface area contributed by atoms with Gasteiger partial charge >= 0.3 is 5.97 Å². The topological polar surface area (TPSA) is 59.5 Å². The number of thiazole rings is 1. The number of carbonyl (C=O) groups is 2. The summed E-state index contributed by atoms with van der Waals surface area (Å²) in [7, 11) is 0. The Bertz CT molecular complexity index is 987. The van der Waals surface area contributed by atoms with E-state index in [1.54, 1.807) is 35.7 Å². The molecule has 1 amide bonds. The fourth-order valence-electron chi connectivity index (χ4n) is 2.50. The number of amides is 1. The number of hydrogen-bond donors (Lipinski definition) is 0. The van der Waals surface area contributed by atoms with Crippen molar-refractivity contribution in [3.63, 3.8) is 0 Å². The molecule has 3 aromatic rings. The van der Waals surface area contributed by atoms with Gasteiger partial charge in [0.05, 0.1) is 16.9 Å². The van der Waals surface area contributed by atoms with Crippen molar-refractivity contribution in [2.24, 2.45) is 0 Å². The van der Waals surface area contributed by atoms with Gasteiger partial charge in [0.25, 0.3) is 0 Å². The third-order valence-corrected chi connectivity index (χ3v) is 4.62. The van der Waals surface area contributed by atoms with Gasteiger partial charge in [-0.2, -0.15) is 0 Å². The number of aromatic nitrogens is 1. The number of rotatable bonds is 5. The van der Waals surface area contributed by atoms with Gasteiger partial charge in [-0.05, 0) is 31.2 Å². The van der Waals surface area contributed by atoms with Crippen molar-refractivity contribution < 1.29 is 18.7 Å². The Balaban J connectivity index is 1.74. The summed E-state index contributed by atoms with van der Waals surface area (Å²) < 4.78 is 19.4. The number of benzene rings is 2. The number of nitrogens with zero attached hydrogens (tertiary/aromatic N) is 2. The molecule has 3 rings (SSSR count). The molecule has 0 N–H and O–H groups in total. The molecule has 27 heavy (non-hydrogen) atoms. The number of aryl methyl sites for hydroxylation is 1. The highest BCUT2D eigenvalue weighted by Gasteiger charge is 2.21. The van der Waals surface area contributed by atoms with E-state index in [-0.39, 0.29) is 18.2 Å². The largest absolute Gasteiger partial charge is 0.456 e. The minimum Gasteiger partial charge on any atom is -0.456 e. The zero-order chi connectivity index (χ0) is 19.4. The standard InChI is InChI=1S/C20H17FN2O3S/c1-13-6-5-7-15(10-13)19(25)26-11-16-12-27-20(22-16)23(14(2)24)18-9-4-3-8-17(18)21/h3-10,12H,11H2,1-2H3. The quantitative estimate of drug-likeness (QED) is 0.602. The zero-order valence-electron chi connectivity index (χ0n) is 14.8. The first kappa shape index (κ1) is 18.7. The van der Waals surface area contributed by atoms with E-state index >= 15 is 0 Å². The van der Waals surface area contributed by atoms with Gasteiger partial charge in [0.2, 0.25) is 5.91 Å². The van der Waals surface area contributed by atoms with Gasteiger partial charge in [-0.25, -0.2) is 14.2 Å². The second kappa shape index (κ2) is 8.09. The van der Waals surface area contributed by atoms with Crippen LogP contribution in [0.1, 0.15) is 28.5 Å². The van der Waals surface area contributed by atoms with Gasteiger partial charge in [-0.3, -0.25) is 9.69 Å². The molecule has 0 bridgehead atoms. The van der Waals surface area contributed by atoms with E-state index in [2.05, 4.69) is 4.98 Å². The molecule has 0 fully saturated rings. The molecule has 0 spiro atoms. The summed E-state index contributed by atoms with van der Waals surface area (Å²) in [6, 6.07) is 13.1. The van der Waals surface area contributed by atoms with E-state index in [1.165, 1.54) is 35.3 Å². The van der Waals surface area contributed by atoms with Crippen LogP contribution in [0.4, 0.5) is 15.2 Å². The Morgan fingerprint density at radius 2 is 1.96 bits per heavy atom. The third-order valence-electron chi connectivity index (χ3n) is 3.74. The van der Waals surface area contributed by atoms with Crippen LogP contribution in [0.2, 0.25) is 0 Å². The van der Waals surface area contributed by atoms with Crippen LogP contribution in [0.5, 0.6) is 0 Å². The maximum Gasteiger partial charge on any atom is 0.338 e. The lowest BCUT2D eigenvalue weighted by Gasteiger charge is -2.18. The van der Waals surface area contributed by atoms with E-state index < -0.39 is 11.8 Å². The summed E-state index contributed by atoms with van der Waals surface area (Å²) in [5.74, 6) is -1.33. The van der Waals surface area contributed by atoms with Crippen LogP contribution >= 0.6 is 11.3 Å². The summed E-state index contributed by atoms with van der Waals surface area (Å²) >= 11 is 1.18. The highest BCUT2D eigenvalue weighted by molar-refractivity contribution is 7.14. The fourth-order valence-corrected chi connectivity index (χ4v) is 3.37. The highest BCUT2D eigenvalue weighted by atomic mass is 32.1. The monoisotopic (exact) mass is 384 g/mol. The van der Waals surface area contributed by atoms with Crippen LogP contribution in [-0.2, 0) is 16.1 Å². The van der Waals surface area contributed by atoms with Crippen molar-refractivity contribution in [1.29, 1.82) is 0 Å². The van der Waals surface area contributed by atoms with E-state index in [0.29, 0.717) is 16.4 Å². The summed E-state index contributed by atoms with van der Waals surface area (Å²) in [5.41, 5.74) is 2.03. The van der Waals surface area contributed by atoms with Crippen LogP contribution in [0.25, 0.3) is 0 Å². The average Bonchev–Trinajstić information content (AvgIpc) is 3.09. The second-order valence-corrected chi connectivity index (χ2v) is 6.71. The first-order valence-electron chi connectivity index (χ1n) is 8.19. The van der Waals surface area contributed by atoms with E-state index in [0.717, 1.165) is 5.56 Å². The molecule has 0 saturated heterocycles. The molecule has 0 aliphatic rings. The molecule has 0 aliphatic carbocycles. The smallest absolute Gasteiger partial charge is 0.338 e. The maximum absolute atomic E-state index is 14.1. The Hall–Kier alpha value is -3.06. The van der Waals surface area contributed by atoms with Crippen LogP contribution in [-0.4, -0.2) is 16.9 Å². The molecular weight excluding hydrogens is 367 g/mol. The van der Waals surface area contributed by atoms with Gasteiger partial charge in [-0.15, -0.1) is 11.3 Å². The van der Waals surface area contributed by atoms with Crippen LogP contribution in [0.3, 0.4) is 0 Å². The molecular formula is C20H17FN2O3S. The lowest BCUT2D eigenvalue weighted by atomic mass is 10.1. The molecule has 138 valence electrons. The van der Waals surface area contributed by atoms with Crippen molar-refractivity contribution in [3.05, 3.63) is 76.5 Å². The van der Waals surface area contributed by atoms with E-state index in [1.807, 2.05) is 13.0 Å². The minimum atomic E-state index is -0.518. The molecule has 0 saturated carbocycles. The van der Waals surface area contributed by atoms with Crippen molar-refractivity contribution in [2.75, 3.05) is 4.90 Å². The Morgan fingerprint density at radius 3 is 2.67 bits per heavy atom. The number of para-hydroxylation sites is 1. The van der Waals surface area contributed by atoms with Crippen molar-refractivity contribution in [1.82, 2.24) is 4.98 Å². The maximum atomic E-state index is 14.1. The minimum absolute atomic E-state index is 0.0354. The fraction of sp³-hybridized carbons (Fsp3) is 0.150. The zero-order valence-corrected chi connectivity index (χ0v) is 15.6. The Labute approximate surface area is 160 Å². The lowest BCUT2D eigenvalue weighted by Crippen LogP contribution is -2.23. The normalized spacial score (nSPS) is 10.5.